The van der Waals surface area contributed by atoms with Crippen molar-refractivity contribution in [2.75, 3.05) is 32.1 Å². The van der Waals surface area contributed by atoms with E-state index in [-0.39, 0.29) is 17.7 Å². The monoisotopic (exact) mass is 423 g/mol. The smallest absolute Gasteiger partial charge is 0.249 e. The molecule has 31 heavy (non-hydrogen) atoms. The highest BCUT2D eigenvalue weighted by atomic mass is 16.5. The maximum absolute atomic E-state index is 12.8. The van der Waals surface area contributed by atoms with Gasteiger partial charge in [0.1, 0.15) is 12.4 Å². The summed E-state index contributed by atoms with van der Waals surface area (Å²) in [6.07, 6.45) is 0. The molecule has 1 aliphatic heterocycles. The van der Waals surface area contributed by atoms with Crippen molar-refractivity contribution in [1.82, 2.24) is 4.90 Å². The number of rotatable bonds is 6. The number of nitrogens with two attached hydrogens (primary N) is 1. The molecule has 0 saturated heterocycles. The van der Waals surface area contributed by atoms with Crippen LogP contribution in [0.25, 0.3) is 0 Å². The molecule has 0 aliphatic carbocycles. The highest BCUT2D eigenvalue weighted by Gasteiger charge is 2.48. The predicted octanol–water partition coefficient (Wildman–Crippen LogP) is 3.76. The van der Waals surface area contributed by atoms with Crippen molar-refractivity contribution in [3.05, 3.63) is 59.2 Å². The molecular formula is C25H33N3O3. The van der Waals surface area contributed by atoms with Crippen LogP contribution in [0.1, 0.15) is 61.0 Å². The van der Waals surface area contributed by atoms with Crippen LogP contribution in [-0.2, 0) is 4.79 Å². The maximum Gasteiger partial charge on any atom is 0.249 e. The molecule has 2 atom stereocenters. The zero-order valence-corrected chi connectivity index (χ0v) is 19.3. The standard InChI is InChI=1S/C25H33N3O3/c1-16-22-20(24(26)30)8-7-9-21(22)28(17(2)29)25(3,4)23(16)18-10-12-19(13-11-18)31-15-14-27(5)6/h7-13,16,23H,14-15H2,1-6H3,(H2,26,30). The lowest BCUT2D eigenvalue weighted by molar-refractivity contribution is -0.118. The van der Waals surface area contributed by atoms with E-state index in [9.17, 15) is 9.59 Å². The normalized spacial score (nSPS) is 19.8. The molecule has 0 saturated carbocycles. The number of fused-ring (bicyclic) bond motifs is 1. The minimum atomic E-state index is -0.498. The first-order chi connectivity index (χ1) is 14.6. The molecule has 0 spiro atoms. The van der Waals surface area contributed by atoms with Gasteiger partial charge in [0.05, 0.1) is 0 Å². The number of carbonyl (C=O) groups is 2. The summed E-state index contributed by atoms with van der Waals surface area (Å²) in [7, 11) is 4.02. The van der Waals surface area contributed by atoms with Gasteiger partial charge in [-0.1, -0.05) is 25.1 Å². The summed E-state index contributed by atoms with van der Waals surface area (Å²) in [5.41, 5.74) is 8.36. The first kappa shape index (κ1) is 22.8. The summed E-state index contributed by atoms with van der Waals surface area (Å²) in [4.78, 5) is 28.8. The number of hydrogen-bond donors (Lipinski definition) is 1. The van der Waals surface area contributed by atoms with Gasteiger partial charge in [-0.3, -0.25) is 9.59 Å². The average Bonchev–Trinajstić information content (AvgIpc) is 2.67. The van der Waals surface area contributed by atoms with Gasteiger partial charge >= 0.3 is 0 Å². The molecule has 0 fully saturated rings. The van der Waals surface area contributed by atoms with Gasteiger partial charge in [0, 0.05) is 36.2 Å². The van der Waals surface area contributed by atoms with E-state index in [2.05, 4.69) is 37.8 Å². The van der Waals surface area contributed by atoms with Crippen molar-refractivity contribution in [2.24, 2.45) is 5.73 Å². The van der Waals surface area contributed by atoms with E-state index in [0.717, 1.165) is 29.1 Å². The molecule has 2 N–H and O–H groups in total. The van der Waals surface area contributed by atoms with Crippen molar-refractivity contribution >= 4 is 17.5 Å². The van der Waals surface area contributed by atoms with Crippen molar-refractivity contribution in [3.63, 3.8) is 0 Å². The minimum absolute atomic E-state index is 0.00944. The molecule has 0 bridgehead atoms. The van der Waals surface area contributed by atoms with Crippen LogP contribution in [0.3, 0.4) is 0 Å². The molecular weight excluding hydrogens is 390 g/mol. The summed E-state index contributed by atoms with van der Waals surface area (Å²) in [5.74, 6) is 0.238. The third kappa shape index (κ3) is 4.30. The highest BCUT2D eigenvalue weighted by molar-refractivity contribution is 6.01. The van der Waals surface area contributed by atoms with Gasteiger partial charge in [-0.05, 0) is 69.3 Å². The molecule has 0 aromatic heterocycles. The van der Waals surface area contributed by atoms with Crippen LogP contribution < -0.4 is 15.4 Å². The number of benzene rings is 2. The first-order valence-corrected chi connectivity index (χ1v) is 10.7. The first-order valence-electron chi connectivity index (χ1n) is 10.7. The van der Waals surface area contributed by atoms with E-state index < -0.39 is 11.4 Å². The van der Waals surface area contributed by atoms with Crippen molar-refractivity contribution in [1.29, 1.82) is 0 Å². The van der Waals surface area contributed by atoms with E-state index in [1.807, 2.05) is 32.3 Å². The fourth-order valence-corrected chi connectivity index (χ4v) is 5.06. The molecule has 2 aromatic carbocycles. The summed E-state index contributed by atoms with van der Waals surface area (Å²) >= 11 is 0. The van der Waals surface area contributed by atoms with Crippen molar-refractivity contribution in [2.45, 2.75) is 45.1 Å². The summed E-state index contributed by atoms with van der Waals surface area (Å²) < 4.78 is 5.84. The van der Waals surface area contributed by atoms with Crippen molar-refractivity contribution in [3.8, 4) is 5.75 Å². The molecule has 2 unspecified atom stereocenters. The van der Waals surface area contributed by atoms with Crippen LogP contribution in [0.2, 0.25) is 0 Å². The fraction of sp³-hybridized carbons (Fsp3) is 0.440. The Labute approximate surface area is 185 Å². The molecule has 0 radical (unpaired) electrons. The predicted molar refractivity (Wildman–Crippen MR) is 124 cm³/mol. The van der Waals surface area contributed by atoms with Gasteiger partial charge in [-0.15, -0.1) is 0 Å². The van der Waals surface area contributed by atoms with Crippen LogP contribution in [0.4, 0.5) is 5.69 Å². The second kappa shape index (κ2) is 8.71. The Morgan fingerprint density at radius 2 is 1.77 bits per heavy atom. The summed E-state index contributed by atoms with van der Waals surface area (Å²) in [6.45, 7) is 9.29. The number of carbonyl (C=O) groups excluding carboxylic acids is 2. The van der Waals surface area contributed by atoms with Gasteiger partial charge < -0.3 is 20.3 Å². The van der Waals surface area contributed by atoms with Gasteiger partial charge in [0.25, 0.3) is 0 Å². The average molecular weight is 424 g/mol. The second-order valence-corrected chi connectivity index (χ2v) is 9.10. The molecule has 1 aliphatic rings. The Bertz CT molecular complexity index is 966. The molecule has 3 rings (SSSR count). The van der Waals surface area contributed by atoms with Gasteiger partial charge in [0.15, 0.2) is 0 Å². The fourth-order valence-electron chi connectivity index (χ4n) is 5.06. The number of likely N-dealkylation sites (N-methyl/N-ethyl adjacent to an activating group) is 1. The van der Waals surface area contributed by atoms with Gasteiger partial charge in [0.2, 0.25) is 11.8 Å². The van der Waals surface area contributed by atoms with E-state index in [4.69, 9.17) is 10.5 Å². The van der Waals surface area contributed by atoms with Gasteiger partial charge in [-0.25, -0.2) is 0 Å². The molecule has 6 nitrogen and oxygen atoms in total. The second-order valence-electron chi connectivity index (χ2n) is 9.10. The number of anilines is 1. The maximum atomic E-state index is 12.8. The van der Waals surface area contributed by atoms with Crippen molar-refractivity contribution < 1.29 is 14.3 Å². The van der Waals surface area contributed by atoms with Crippen LogP contribution in [-0.4, -0.2) is 49.5 Å². The lowest BCUT2D eigenvalue weighted by Gasteiger charge is -2.52. The zero-order chi connectivity index (χ0) is 22.9. The number of nitrogens with zero attached hydrogens (tertiary/aromatic N) is 2. The van der Waals surface area contributed by atoms with Crippen LogP contribution in [0, 0.1) is 0 Å². The molecule has 2 aromatic rings. The van der Waals surface area contributed by atoms with Crippen LogP contribution in [0.15, 0.2) is 42.5 Å². The Kier molecular flexibility index (Phi) is 6.41. The lowest BCUT2D eigenvalue weighted by atomic mass is 9.66. The number of amides is 2. The zero-order valence-electron chi connectivity index (χ0n) is 19.3. The Balaban J connectivity index is 2.04. The molecule has 1 heterocycles. The Morgan fingerprint density at radius 3 is 2.32 bits per heavy atom. The number of ether oxygens (including phenoxy) is 1. The third-order valence-electron chi connectivity index (χ3n) is 6.24. The quantitative estimate of drug-likeness (QED) is 0.768. The lowest BCUT2D eigenvalue weighted by Crippen LogP contribution is -2.55. The third-order valence-corrected chi connectivity index (χ3v) is 6.24. The van der Waals surface area contributed by atoms with Crippen LogP contribution in [0.5, 0.6) is 5.75 Å². The van der Waals surface area contributed by atoms with E-state index in [0.29, 0.717) is 12.2 Å². The number of hydrogen-bond acceptors (Lipinski definition) is 4. The SMILES string of the molecule is CC(=O)N1c2cccc(C(N)=O)c2C(C)C(c2ccc(OCCN(C)C)cc2)C1(C)C. The van der Waals surface area contributed by atoms with E-state index in [1.54, 1.807) is 24.0 Å². The number of primary amides is 1. The Morgan fingerprint density at radius 1 is 1.13 bits per heavy atom. The molecule has 2 amide bonds. The largest absolute Gasteiger partial charge is 0.492 e. The topological polar surface area (TPSA) is 75.9 Å². The highest BCUT2D eigenvalue weighted by Crippen LogP contribution is 2.53. The van der Waals surface area contributed by atoms with E-state index in [1.165, 1.54) is 0 Å². The van der Waals surface area contributed by atoms with Crippen LogP contribution >= 0.6 is 0 Å². The molecule has 166 valence electrons. The summed E-state index contributed by atoms with van der Waals surface area (Å²) in [6, 6.07) is 13.5. The molecule has 6 heteroatoms. The van der Waals surface area contributed by atoms with Gasteiger partial charge in [-0.2, -0.15) is 0 Å². The van der Waals surface area contributed by atoms with E-state index >= 15 is 0 Å². The Hall–Kier alpha value is -2.86. The minimum Gasteiger partial charge on any atom is -0.492 e. The summed E-state index contributed by atoms with van der Waals surface area (Å²) in [5, 5.41) is 0.